The van der Waals surface area contributed by atoms with Crippen molar-refractivity contribution >= 4 is 22.6 Å². The first kappa shape index (κ1) is 16.6. The van der Waals surface area contributed by atoms with Crippen molar-refractivity contribution in [2.75, 3.05) is 5.75 Å². The first-order valence-electron chi connectivity index (χ1n) is 8.79. The monoisotopic (exact) mass is 329 g/mol. The molecular formula is C20H27NOS. The smallest absolute Gasteiger partial charge is 0.223 e. The van der Waals surface area contributed by atoms with Crippen molar-refractivity contribution in [2.24, 2.45) is 11.8 Å². The number of thioether (sulfide) groups is 1. The van der Waals surface area contributed by atoms with Gasteiger partial charge in [0.15, 0.2) is 0 Å². The van der Waals surface area contributed by atoms with E-state index < -0.39 is 0 Å². The third kappa shape index (κ3) is 3.65. The lowest BCUT2D eigenvalue weighted by Gasteiger charge is -2.20. The van der Waals surface area contributed by atoms with Crippen LogP contribution in [0.5, 0.6) is 0 Å². The van der Waals surface area contributed by atoms with Crippen LogP contribution in [0.25, 0.3) is 4.91 Å². The molecule has 0 aromatic heterocycles. The predicted octanol–water partition coefficient (Wildman–Crippen LogP) is 5.17. The fraction of sp³-hybridized carbons (Fsp3) is 0.550. The molecule has 0 spiro atoms. The van der Waals surface area contributed by atoms with Crippen LogP contribution in [0.4, 0.5) is 0 Å². The molecule has 1 amide bonds. The fourth-order valence-electron chi connectivity index (χ4n) is 3.73. The van der Waals surface area contributed by atoms with Crippen LogP contribution in [0, 0.1) is 11.8 Å². The third-order valence-electron chi connectivity index (χ3n) is 5.34. The zero-order chi connectivity index (χ0) is 16.4. The lowest BCUT2D eigenvalue weighted by molar-refractivity contribution is -0.126. The SMILES string of the molecule is CC1=C(c2ccc(C(C)NC(=O)C3CCCC3C)cc2)SCC1. The van der Waals surface area contributed by atoms with Crippen LogP contribution >= 0.6 is 11.8 Å². The Morgan fingerprint density at radius 1 is 1.26 bits per heavy atom. The Hall–Kier alpha value is -1.22. The molecule has 0 bridgehead atoms. The fourth-order valence-corrected chi connectivity index (χ4v) is 5.00. The molecular weight excluding hydrogens is 302 g/mol. The van der Waals surface area contributed by atoms with Gasteiger partial charge in [-0.25, -0.2) is 0 Å². The number of carbonyl (C=O) groups is 1. The molecule has 124 valence electrons. The number of rotatable bonds is 4. The van der Waals surface area contributed by atoms with Crippen molar-refractivity contribution in [3.63, 3.8) is 0 Å². The van der Waals surface area contributed by atoms with E-state index >= 15 is 0 Å². The minimum Gasteiger partial charge on any atom is -0.349 e. The second kappa shape index (κ2) is 7.12. The summed E-state index contributed by atoms with van der Waals surface area (Å²) in [5.74, 6) is 2.17. The normalized spacial score (nSPS) is 25.7. The topological polar surface area (TPSA) is 29.1 Å². The van der Waals surface area contributed by atoms with Gasteiger partial charge in [0.05, 0.1) is 6.04 Å². The van der Waals surface area contributed by atoms with Crippen LogP contribution in [-0.2, 0) is 4.79 Å². The molecule has 23 heavy (non-hydrogen) atoms. The Kier molecular flexibility index (Phi) is 5.15. The summed E-state index contributed by atoms with van der Waals surface area (Å²) >= 11 is 1.96. The molecule has 1 aliphatic carbocycles. The molecule has 1 aromatic rings. The zero-order valence-corrected chi connectivity index (χ0v) is 15.2. The molecule has 1 saturated carbocycles. The Morgan fingerprint density at radius 2 is 2.00 bits per heavy atom. The van der Waals surface area contributed by atoms with E-state index in [1.807, 2.05) is 11.8 Å². The second-order valence-corrected chi connectivity index (χ2v) is 8.18. The van der Waals surface area contributed by atoms with E-state index in [9.17, 15) is 4.79 Å². The number of benzene rings is 1. The maximum Gasteiger partial charge on any atom is 0.223 e. The van der Waals surface area contributed by atoms with Gasteiger partial charge in [0.25, 0.3) is 0 Å². The summed E-state index contributed by atoms with van der Waals surface area (Å²) in [6.45, 7) is 6.52. The molecule has 3 rings (SSSR count). The lowest BCUT2D eigenvalue weighted by atomic mass is 9.96. The van der Waals surface area contributed by atoms with Crippen LogP contribution in [0.2, 0.25) is 0 Å². The summed E-state index contributed by atoms with van der Waals surface area (Å²) in [6, 6.07) is 8.81. The van der Waals surface area contributed by atoms with Gasteiger partial charge in [-0.1, -0.05) is 43.2 Å². The average Bonchev–Trinajstić information content (AvgIpc) is 3.15. The van der Waals surface area contributed by atoms with E-state index in [1.165, 1.54) is 46.6 Å². The third-order valence-corrected chi connectivity index (χ3v) is 6.62. The van der Waals surface area contributed by atoms with Crippen molar-refractivity contribution in [2.45, 2.75) is 52.5 Å². The minimum absolute atomic E-state index is 0.0793. The summed E-state index contributed by atoms with van der Waals surface area (Å²) < 4.78 is 0. The highest BCUT2D eigenvalue weighted by Crippen LogP contribution is 2.39. The number of nitrogens with one attached hydrogen (secondary N) is 1. The highest BCUT2D eigenvalue weighted by atomic mass is 32.2. The molecule has 1 aliphatic heterocycles. The average molecular weight is 330 g/mol. The maximum absolute atomic E-state index is 12.4. The summed E-state index contributed by atoms with van der Waals surface area (Å²) in [5, 5.41) is 3.21. The molecule has 1 N–H and O–H groups in total. The molecule has 2 nitrogen and oxygen atoms in total. The lowest BCUT2D eigenvalue weighted by Crippen LogP contribution is -2.33. The Labute approximate surface area is 144 Å². The summed E-state index contributed by atoms with van der Waals surface area (Å²) in [4.78, 5) is 13.9. The standard InChI is InChI=1S/C20H27NOS/c1-13-5-4-6-18(13)20(22)21-15(3)16-7-9-17(10-8-16)19-14(2)11-12-23-19/h7-10,13,15,18H,4-6,11-12H2,1-3H3,(H,21,22). The molecule has 0 saturated heterocycles. The van der Waals surface area contributed by atoms with E-state index in [0.29, 0.717) is 5.92 Å². The molecule has 3 unspecified atom stereocenters. The van der Waals surface area contributed by atoms with Gasteiger partial charge in [-0.05, 0) is 50.2 Å². The van der Waals surface area contributed by atoms with Gasteiger partial charge in [0.1, 0.15) is 0 Å². The van der Waals surface area contributed by atoms with Crippen LogP contribution < -0.4 is 5.32 Å². The number of hydrogen-bond donors (Lipinski definition) is 1. The number of carbonyl (C=O) groups excluding carboxylic acids is 1. The number of hydrogen-bond acceptors (Lipinski definition) is 2. The van der Waals surface area contributed by atoms with Crippen molar-refractivity contribution in [1.82, 2.24) is 5.32 Å². The van der Waals surface area contributed by atoms with Crippen LogP contribution in [-0.4, -0.2) is 11.7 Å². The molecule has 0 radical (unpaired) electrons. The summed E-state index contributed by atoms with van der Waals surface area (Å²) in [5.41, 5.74) is 4.00. The van der Waals surface area contributed by atoms with Gasteiger partial charge in [-0.15, -0.1) is 11.8 Å². The quantitative estimate of drug-likeness (QED) is 0.826. The molecule has 2 aliphatic rings. The Balaban J connectivity index is 1.65. The second-order valence-electron chi connectivity index (χ2n) is 7.07. The molecule has 1 fully saturated rings. The molecule has 1 heterocycles. The number of amides is 1. The summed E-state index contributed by atoms with van der Waals surface area (Å²) in [7, 11) is 0. The Morgan fingerprint density at radius 3 is 2.57 bits per heavy atom. The van der Waals surface area contributed by atoms with Gasteiger partial charge >= 0.3 is 0 Å². The van der Waals surface area contributed by atoms with Crippen LogP contribution in [0.1, 0.15) is 63.6 Å². The predicted molar refractivity (Wildman–Crippen MR) is 99.2 cm³/mol. The first-order chi connectivity index (χ1) is 11.1. The van der Waals surface area contributed by atoms with Crippen LogP contribution in [0.3, 0.4) is 0 Å². The largest absolute Gasteiger partial charge is 0.349 e. The Bertz CT molecular complexity index is 605. The van der Waals surface area contributed by atoms with Gasteiger partial charge < -0.3 is 5.32 Å². The van der Waals surface area contributed by atoms with Crippen molar-refractivity contribution < 1.29 is 4.79 Å². The van der Waals surface area contributed by atoms with Crippen molar-refractivity contribution in [3.8, 4) is 0 Å². The molecule has 1 aromatic carbocycles. The van der Waals surface area contributed by atoms with E-state index in [-0.39, 0.29) is 17.9 Å². The zero-order valence-electron chi connectivity index (χ0n) is 14.4. The highest BCUT2D eigenvalue weighted by Gasteiger charge is 2.30. The van der Waals surface area contributed by atoms with E-state index in [2.05, 4.69) is 50.4 Å². The van der Waals surface area contributed by atoms with E-state index in [4.69, 9.17) is 0 Å². The van der Waals surface area contributed by atoms with Gasteiger partial charge in [-0.2, -0.15) is 0 Å². The van der Waals surface area contributed by atoms with Gasteiger partial charge in [-0.3, -0.25) is 4.79 Å². The van der Waals surface area contributed by atoms with Crippen molar-refractivity contribution in [3.05, 3.63) is 41.0 Å². The molecule has 3 atom stereocenters. The van der Waals surface area contributed by atoms with Crippen molar-refractivity contribution in [1.29, 1.82) is 0 Å². The van der Waals surface area contributed by atoms with Crippen LogP contribution in [0.15, 0.2) is 29.8 Å². The molecule has 3 heteroatoms. The minimum atomic E-state index is 0.0793. The van der Waals surface area contributed by atoms with E-state index in [1.54, 1.807) is 0 Å². The first-order valence-corrected chi connectivity index (χ1v) is 9.78. The van der Waals surface area contributed by atoms with Gasteiger partial charge in [0.2, 0.25) is 5.91 Å². The highest BCUT2D eigenvalue weighted by molar-refractivity contribution is 8.08. The summed E-state index contributed by atoms with van der Waals surface area (Å²) in [6.07, 6.45) is 4.62. The maximum atomic E-state index is 12.4. The van der Waals surface area contributed by atoms with Gasteiger partial charge in [0, 0.05) is 16.6 Å². The number of allylic oxidation sites excluding steroid dienone is 1. The van der Waals surface area contributed by atoms with E-state index in [0.717, 1.165) is 6.42 Å².